The largest absolute Gasteiger partial charge is 0.492 e. The van der Waals surface area contributed by atoms with E-state index in [1.54, 1.807) is 0 Å². The summed E-state index contributed by atoms with van der Waals surface area (Å²) in [6, 6.07) is 13.7. The molecule has 0 saturated heterocycles. The molecule has 1 heterocycles. The van der Waals surface area contributed by atoms with E-state index < -0.39 is 0 Å². The minimum Gasteiger partial charge on any atom is -0.492 e. The van der Waals surface area contributed by atoms with E-state index in [-0.39, 0.29) is 10.7 Å². The number of hydrogen-bond acceptors (Lipinski definition) is 3. The summed E-state index contributed by atoms with van der Waals surface area (Å²) < 4.78 is 5.32. The van der Waals surface area contributed by atoms with Gasteiger partial charge in [0.25, 0.3) is 4.84 Å². The average molecular weight is 243 g/mol. The first kappa shape index (κ1) is 10.1. The van der Waals surface area contributed by atoms with Gasteiger partial charge in [0.05, 0.1) is 0 Å². The van der Waals surface area contributed by atoms with Crippen molar-refractivity contribution in [3.63, 3.8) is 0 Å². The number of aromatic amines is 1. The fourth-order valence-electron chi connectivity index (χ4n) is 1.93. The van der Waals surface area contributed by atoms with E-state index in [0.29, 0.717) is 5.76 Å². The molecule has 0 aliphatic rings. The van der Waals surface area contributed by atoms with Gasteiger partial charge in [0.15, 0.2) is 5.76 Å². The number of oxazole rings is 1. The second-order valence-corrected chi connectivity index (χ2v) is 4.09. The van der Waals surface area contributed by atoms with Crippen LogP contribution in [0, 0.1) is 4.84 Å². The number of rotatable bonds is 1. The molecule has 0 bridgehead atoms. The molecule has 0 saturated carbocycles. The average Bonchev–Trinajstić information content (AvgIpc) is 2.68. The van der Waals surface area contributed by atoms with Crippen molar-refractivity contribution in [2.45, 2.75) is 0 Å². The fourth-order valence-corrected chi connectivity index (χ4v) is 2.11. The first-order chi connectivity index (χ1) is 8.25. The van der Waals surface area contributed by atoms with Crippen molar-refractivity contribution in [2.75, 3.05) is 0 Å². The minimum atomic E-state index is -0.0358. The molecule has 1 aromatic heterocycles. The van der Waals surface area contributed by atoms with Gasteiger partial charge in [-0.15, -0.1) is 0 Å². The summed E-state index contributed by atoms with van der Waals surface area (Å²) in [4.78, 5) is 2.75. The standard InChI is InChI=1S/C13H9NO2S/c15-12-11(16-13(17)14-12)10-7-3-5-8-4-1-2-6-9(8)10/h1-7,15H,(H,14,17). The maximum atomic E-state index is 9.73. The van der Waals surface area contributed by atoms with Crippen LogP contribution in [0.1, 0.15) is 0 Å². The molecule has 0 aliphatic carbocycles. The molecular formula is C13H9NO2S. The van der Waals surface area contributed by atoms with Gasteiger partial charge in [-0.2, -0.15) is 0 Å². The number of aromatic hydroxyl groups is 1. The maximum absolute atomic E-state index is 9.73. The molecule has 0 aliphatic heterocycles. The lowest BCUT2D eigenvalue weighted by Gasteiger charge is -2.03. The Morgan fingerprint density at radius 2 is 1.82 bits per heavy atom. The van der Waals surface area contributed by atoms with Gasteiger partial charge in [0.1, 0.15) is 0 Å². The number of hydrogen-bond donors (Lipinski definition) is 2. The van der Waals surface area contributed by atoms with Gasteiger partial charge < -0.3 is 9.52 Å². The summed E-state index contributed by atoms with van der Waals surface area (Å²) in [6.07, 6.45) is 0. The highest BCUT2D eigenvalue weighted by atomic mass is 32.1. The Hall–Kier alpha value is -2.07. The Labute approximate surface area is 102 Å². The van der Waals surface area contributed by atoms with Crippen LogP contribution in [-0.4, -0.2) is 10.1 Å². The molecule has 84 valence electrons. The van der Waals surface area contributed by atoms with Crippen molar-refractivity contribution in [3.8, 4) is 17.2 Å². The van der Waals surface area contributed by atoms with Gasteiger partial charge >= 0.3 is 0 Å². The lowest BCUT2D eigenvalue weighted by Crippen LogP contribution is -1.79. The van der Waals surface area contributed by atoms with Crippen LogP contribution in [0.5, 0.6) is 5.88 Å². The zero-order valence-corrected chi connectivity index (χ0v) is 9.62. The SMILES string of the molecule is Oc1[nH]c(=S)oc1-c1cccc2ccccc12. The van der Waals surface area contributed by atoms with Crippen molar-refractivity contribution in [3.05, 3.63) is 47.3 Å². The third-order valence-corrected chi connectivity index (χ3v) is 2.85. The first-order valence-corrected chi connectivity index (χ1v) is 5.57. The third kappa shape index (κ3) is 1.62. The number of aromatic nitrogens is 1. The molecule has 0 unspecified atom stereocenters. The second-order valence-electron chi connectivity index (χ2n) is 3.72. The van der Waals surface area contributed by atoms with E-state index in [4.69, 9.17) is 16.6 Å². The van der Waals surface area contributed by atoms with Gasteiger partial charge in [0.2, 0.25) is 5.88 Å². The van der Waals surface area contributed by atoms with Crippen LogP contribution in [0.25, 0.3) is 22.1 Å². The summed E-state index contributed by atoms with van der Waals surface area (Å²) in [5.41, 5.74) is 0.827. The number of benzene rings is 2. The van der Waals surface area contributed by atoms with E-state index in [0.717, 1.165) is 16.3 Å². The van der Waals surface area contributed by atoms with Crippen LogP contribution in [-0.2, 0) is 0 Å². The molecule has 0 spiro atoms. The summed E-state index contributed by atoms with van der Waals surface area (Å²) in [5.74, 6) is 0.346. The molecule has 0 amide bonds. The van der Waals surface area contributed by atoms with Gasteiger partial charge in [0, 0.05) is 5.56 Å². The predicted molar refractivity (Wildman–Crippen MR) is 68.5 cm³/mol. The van der Waals surface area contributed by atoms with Crippen LogP contribution in [0.15, 0.2) is 46.9 Å². The fraction of sp³-hybridized carbons (Fsp3) is 0. The highest BCUT2D eigenvalue weighted by Crippen LogP contribution is 2.33. The third-order valence-electron chi connectivity index (χ3n) is 2.66. The zero-order chi connectivity index (χ0) is 11.8. The molecule has 3 rings (SSSR count). The van der Waals surface area contributed by atoms with Crippen molar-refractivity contribution in [1.82, 2.24) is 4.98 Å². The first-order valence-electron chi connectivity index (χ1n) is 5.16. The molecule has 4 heteroatoms. The summed E-state index contributed by atoms with van der Waals surface area (Å²) in [7, 11) is 0. The van der Waals surface area contributed by atoms with Crippen LogP contribution in [0.3, 0.4) is 0 Å². The molecule has 2 N–H and O–H groups in total. The number of fused-ring (bicyclic) bond motifs is 1. The smallest absolute Gasteiger partial charge is 0.269 e. The lowest BCUT2D eigenvalue weighted by molar-refractivity contribution is 0.453. The van der Waals surface area contributed by atoms with Crippen molar-refractivity contribution < 1.29 is 9.52 Å². The topological polar surface area (TPSA) is 49.2 Å². The lowest BCUT2D eigenvalue weighted by atomic mass is 10.0. The normalized spacial score (nSPS) is 10.8. The van der Waals surface area contributed by atoms with Crippen LogP contribution in [0.2, 0.25) is 0 Å². The van der Waals surface area contributed by atoms with Gasteiger partial charge in [-0.05, 0) is 23.0 Å². The second kappa shape index (κ2) is 3.75. The van der Waals surface area contributed by atoms with Crippen molar-refractivity contribution in [1.29, 1.82) is 0 Å². The number of nitrogens with one attached hydrogen (secondary N) is 1. The van der Waals surface area contributed by atoms with Crippen LogP contribution in [0.4, 0.5) is 0 Å². The monoisotopic (exact) mass is 243 g/mol. The molecule has 3 aromatic rings. The Balaban J connectivity index is 2.38. The van der Waals surface area contributed by atoms with E-state index in [2.05, 4.69) is 4.98 Å². The Kier molecular flexibility index (Phi) is 2.23. The Morgan fingerprint density at radius 3 is 2.59 bits per heavy atom. The van der Waals surface area contributed by atoms with Crippen molar-refractivity contribution >= 4 is 23.0 Å². The zero-order valence-electron chi connectivity index (χ0n) is 8.81. The highest BCUT2D eigenvalue weighted by molar-refractivity contribution is 7.71. The summed E-state index contributed by atoms with van der Waals surface area (Å²) in [5, 5.41) is 11.8. The van der Waals surface area contributed by atoms with E-state index >= 15 is 0 Å². The predicted octanol–water partition coefficient (Wildman–Crippen LogP) is 3.86. The minimum absolute atomic E-state index is 0.0358. The van der Waals surface area contributed by atoms with Gasteiger partial charge in [-0.25, -0.2) is 0 Å². The van der Waals surface area contributed by atoms with Crippen LogP contribution >= 0.6 is 12.2 Å². The summed E-state index contributed by atoms with van der Waals surface area (Å²) >= 11 is 4.86. The molecule has 3 nitrogen and oxygen atoms in total. The molecule has 0 radical (unpaired) electrons. The van der Waals surface area contributed by atoms with Crippen molar-refractivity contribution in [2.24, 2.45) is 0 Å². The van der Waals surface area contributed by atoms with Crippen LogP contribution < -0.4 is 0 Å². The van der Waals surface area contributed by atoms with E-state index in [1.807, 2.05) is 42.5 Å². The summed E-state index contributed by atoms with van der Waals surface area (Å²) in [6.45, 7) is 0. The van der Waals surface area contributed by atoms with E-state index in [9.17, 15) is 5.11 Å². The van der Waals surface area contributed by atoms with Gasteiger partial charge in [-0.1, -0.05) is 42.5 Å². The van der Waals surface area contributed by atoms with Gasteiger partial charge in [-0.3, -0.25) is 4.98 Å². The quantitative estimate of drug-likeness (QED) is 0.638. The molecule has 17 heavy (non-hydrogen) atoms. The molecule has 2 aromatic carbocycles. The maximum Gasteiger partial charge on any atom is 0.269 e. The highest BCUT2D eigenvalue weighted by Gasteiger charge is 2.12. The van der Waals surface area contributed by atoms with E-state index in [1.165, 1.54) is 0 Å². The molecule has 0 fully saturated rings. The molecule has 0 atom stereocenters. The molecular weight excluding hydrogens is 234 g/mol. The Morgan fingerprint density at radius 1 is 1.06 bits per heavy atom. The Bertz CT molecular complexity index is 737. The number of H-pyrrole nitrogens is 1.